The van der Waals surface area contributed by atoms with E-state index in [-0.39, 0.29) is 28.7 Å². The molecule has 2 fully saturated rings. The number of rotatable bonds is 4. The lowest BCUT2D eigenvalue weighted by molar-refractivity contribution is 0.0746. The van der Waals surface area contributed by atoms with Crippen LogP contribution < -0.4 is 15.0 Å². The Kier molecular flexibility index (Phi) is 5.96. The zero-order valence-electron chi connectivity index (χ0n) is 18.3. The Morgan fingerprint density at radius 2 is 1.79 bits per heavy atom. The van der Waals surface area contributed by atoms with Crippen LogP contribution in [0.1, 0.15) is 10.4 Å². The van der Waals surface area contributed by atoms with Gasteiger partial charge in [0.1, 0.15) is 5.75 Å². The third kappa shape index (κ3) is 4.67. The summed E-state index contributed by atoms with van der Waals surface area (Å²) >= 11 is 1.48. The highest BCUT2D eigenvalue weighted by Gasteiger charge is 2.42. The van der Waals surface area contributed by atoms with Gasteiger partial charge >= 0.3 is 0 Å². The van der Waals surface area contributed by atoms with Gasteiger partial charge in [0.2, 0.25) is 0 Å². The molecule has 3 heterocycles. The SMILES string of the molecule is COc1ccccc1N1CCN(C(=O)c2ccc(NC3=N[C@@H]4CS(=O)(=O)C[C@@H]4S3)cc2)CC1. The van der Waals surface area contributed by atoms with Crippen molar-refractivity contribution in [2.75, 3.05) is 55.0 Å². The summed E-state index contributed by atoms with van der Waals surface area (Å²) in [6, 6.07) is 15.2. The number of ether oxygens (including phenoxy) is 1. The van der Waals surface area contributed by atoms with Crippen LogP contribution >= 0.6 is 11.8 Å². The van der Waals surface area contributed by atoms with E-state index in [1.54, 1.807) is 7.11 Å². The first-order valence-corrected chi connectivity index (χ1v) is 13.6. The number of fused-ring (bicyclic) bond motifs is 1. The fourth-order valence-electron chi connectivity index (χ4n) is 4.46. The number of para-hydroxylation sites is 2. The van der Waals surface area contributed by atoms with Crippen LogP contribution in [0, 0.1) is 0 Å². The standard InChI is InChI=1S/C23H26N4O4S2/c1-31-20-5-3-2-4-19(20)26-10-12-27(13-11-26)22(28)16-6-8-17(9-7-16)24-23-25-18-14-33(29,30)15-21(18)32-23/h2-9,18,21H,10-15H2,1H3,(H,24,25)/t18-,21+/m1/s1. The Labute approximate surface area is 197 Å². The molecule has 2 saturated heterocycles. The Morgan fingerprint density at radius 1 is 1.06 bits per heavy atom. The van der Waals surface area contributed by atoms with Crippen molar-refractivity contribution in [2.45, 2.75) is 11.3 Å². The maximum absolute atomic E-state index is 13.0. The third-order valence-electron chi connectivity index (χ3n) is 6.19. The molecule has 3 aliphatic rings. The molecule has 0 aromatic heterocycles. The molecule has 8 nitrogen and oxygen atoms in total. The number of hydrogen-bond acceptors (Lipinski definition) is 8. The van der Waals surface area contributed by atoms with Gasteiger partial charge in [-0.2, -0.15) is 0 Å². The second-order valence-corrected chi connectivity index (χ2v) is 11.8. The molecule has 174 valence electrons. The highest BCUT2D eigenvalue weighted by atomic mass is 32.2. The molecule has 2 aromatic rings. The molecule has 3 aliphatic heterocycles. The van der Waals surface area contributed by atoms with Gasteiger partial charge in [-0.25, -0.2) is 8.42 Å². The number of aliphatic imine (C=N–C) groups is 1. The minimum Gasteiger partial charge on any atom is -0.495 e. The summed E-state index contributed by atoms with van der Waals surface area (Å²) < 4.78 is 28.9. The molecule has 2 atom stereocenters. The maximum atomic E-state index is 13.0. The van der Waals surface area contributed by atoms with E-state index >= 15 is 0 Å². The van der Waals surface area contributed by atoms with Crippen LogP contribution in [0.15, 0.2) is 53.5 Å². The van der Waals surface area contributed by atoms with Gasteiger partial charge in [-0.05, 0) is 36.4 Å². The number of methoxy groups -OCH3 is 1. The second-order valence-electron chi connectivity index (χ2n) is 8.39. The van der Waals surface area contributed by atoms with Crippen molar-refractivity contribution in [3.63, 3.8) is 0 Å². The Bertz CT molecular complexity index is 1180. The van der Waals surface area contributed by atoms with Gasteiger partial charge in [-0.3, -0.25) is 9.79 Å². The molecule has 5 rings (SSSR count). The van der Waals surface area contributed by atoms with Crippen LogP contribution in [0.5, 0.6) is 5.75 Å². The van der Waals surface area contributed by atoms with Crippen LogP contribution in [0.4, 0.5) is 11.4 Å². The van der Waals surface area contributed by atoms with E-state index in [4.69, 9.17) is 4.74 Å². The third-order valence-corrected chi connectivity index (χ3v) is 9.34. The van der Waals surface area contributed by atoms with Gasteiger partial charge in [0, 0.05) is 42.7 Å². The number of amidine groups is 1. The van der Waals surface area contributed by atoms with Crippen molar-refractivity contribution in [3.8, 4) is 5.75 Å². The van der Waals surface area contributed by atoms with Crippen LogP contribution in [0.2, 0.25) is 0 Å². The van der Waals surface area contributed by atoms with E-state index in [0.29, 0.717) is 18.7 Å². The second kappa shape index (κ2) is 8.90. The zero-order valence-corrected chi connectivity index (χ0v) is 19.9. The molecule has 10 heteroatoms. The van der Waals surface area contributed by atoms with Crippen molar-refractivity contribution in [1.29, 1.82) is 0 Å². The molecular formula is C23H26N4O4S2. The van der Waals surface area contributed by atoms with Gasteiger partial charge in [0.25, 0.3) is 5.91 Å². The van der Waals surface area contributed by atoms with Crippen molar-refractivity contribution >= 4 is 44.0 Å². The van der Waals surface area contributed by atoms with Crippen LogP contribution in [0.3, 0.4) is 0 Å². The first-order chi connectivity index (χ1) is 15.9. The monoisotopic (exact) mass is 486 g/mol. The molecule has 1 amide bonds. The predicted octanol–water partition coefficient (Wildman–Crippen LogP) is 2.34. The lowest BCUT2D eigenvalue weighted by Gasteiger charge is -2.36. The van der Waals surface area contributed by atoms with E-state index in [9.17, 15) is 13.2 Å². The molecule has 0 bridgehead atoms. The number of benzene rings is 2. The summed E-state index contributed by atoms with van der Waals surface area (Å²) in [6.45, 7) is 2.80. The van der Waals surface area contributed by atoms with Crippen LogP contribution in [-0.2, 0) is 9.84 Å². The highest BCUT2D eigenvalue weighted by molar-refractivity contribution is 8.15. The van der Waals surface area contributed by atoms with E-state index < -0.39 is 9.84 Å². The first-order valence-electron chi connectivity index (χ1n) is 10.9. The molecule has 1 N–H and O–H groups in total. The number of sulfone groups is 1. The lowest BCUT2D eigenvalue weighted by Crippen LogP contribution is -2.48. The van der Waals surface area contributed by atoms with E-state index in [1.807, 2.05) is 53.4 Å². The summed E-state index contributed by atoms with van der Waals surface area (Å²) in [5.74, 6) is 1.19. The molecule has 0 saturated carbocycles. The van der Waals surface area contributed by atoms with Crippen molar-refractivity contribution in [3.05, 3.63) is 54.1 Å². The van der Waals surface area contributed by atoms with E-state index in [2.05, 4.69) is 15.2 Å². The Morgan fingerprint density at radius 3 is 2.48 bits per heavy atom. The molecule has 33 heavy (non-hydrogen) atoms. The number of nitrogens with one attached hydrogen (secondary N) is 1. The average Bonchev–Trinajstić information content (AvgIpc) is 3.31. The quantitative estimate of drug-likeness (QED) is 0.709. The van der Waals surface area contributed by atoms with E-state index in [0.717, 1.165) is 35.4 Å². The minimum atomic E-state index is -2.96. The van der Waals surface area contributed by atoms with Gasteiger partial charge in [0.15, 0.2) is 15.0 Å². The number of carbonyl (C=O) groups is 1. The number of nitrogens with zero attached hydrogens (tertiary/aromatic N) is 3. The normalized spacial score (nSPS) is 23.7. The minimum absolute atomic E-state index is 0.00729. The molecule has 0 aliphatic carbocycles. The number of carbonyl (C=O) groups excluding carboxylic acids is 1. The average molecular weight is 487 g/mol. The summed E-state index contributed by atoms with van der Waals surface area (Å²) in [5.41, 5.74) is 2.54. The lowest BCUT2D eigenvalue weighted by atomic mass is 10.1. The molecule has 0 radical (unpaired) electrons. The van der Waals surface area contributed by atoms with Gasteiger partial charge in [0.05, 0.1) is 30.3 Å². The zero-order chi connectivity index (χ0) is 23.0. The molecule has 0 spiro atoms. The van der Waals surface area contributed by atoms with Gasteiger partial charge in [-0.1, -0.05) is 23.9 Å². The maximum Gasteiger partial charge on any atom is 0.253 e. The summed E-state index contributed by atoms with van der Waals surface area (Å²) in [5, 5.41) is 4.00. The smallest absolute Gasteiger partial charge is 0.253 e. The highest BCUT2D eigenvalue weighted by Crippen LogP contribution is 2.34. The molecule has 2 aromatic carbocycles. The Hall–Kier alpha value is -2.72. The summed E-state index contributed by atoms with van der Waals surface area (Å²) in [6.07, 6.45) is 0. The molecular weight excluding hydrogens is 460 g/mol. The van der Waals surface area contributed by atoms with Crippen LogP contribution in [-0.4, -0.2) is 80.5 Å². The summed E-state index contributed by atoms with van der Waals surface area (Å²) in [7, 11) is -1.29. The number of anilines is 2. The van der Waals surface area contributed by atoms with Gasteiger partial charge < -0.3 is 19.9 Å². The number of amides is 1. The first kappa shape index (κ1) is 22.1. The largest absolute Gasteiger partial charge is 0.495 e. The fourth-order valence-corrected chi connectivity index (χ4v) is 8.14. The topological polar surface area (TPSA) is 91.3 Å². The predicted molar refractivity (Wildman–Crippen MR) is 132 cm³/mol. The Balaban J connectivity index is 1.17. The van der Waals surface area contributed by atoms with Gasteiger partial charge in [-0.15, -0.1) is 0 Å². The number of piperazine rings is 1. The number of thioether (sulfide) groups is 1. The van der Waals surface area contributed by atoms with E-state index in [1.165, 1.54) is 11.8 Å². The summed E-state index contributed by atoms with van der Waals surface area (Å²) in [4.78, 5) is 21.6. The van der Waals surface area contributed by atoms with Crippen molar-refractivity contribution in [2.24, 2.45) is 4.99 Å². The van der Waals surface area contributed by atoms with Crippen molar-refractivity contribution < 1.29 is 17.9 Å². The molecule has 0 unspecified atom stereocenters. The number of hydrogen-bond donors (Lipinski definition) is 1. The van der Waals surface area contributed by atoms with Crippen LogP contribution in [0.25, 0.3) is 0 Å². The van der Waals surface area contributed by atoms with Crippen molar-refractivity contribution in [1.82, 2.24) is 4.90 Å². The fraction of sp³-hybridized carbons (Fsp3) is 0.391.